The average Bonchev–Trinajstić information content (AvgIpc) is 2.46. The van der Waals surface area contributed by atoms with Crippen molar-refractivity contribution in [2.75, 3.05) is 32.8 Å². The van der Waals surface area contributed by atoms with Crippen molar-refractivity contribution in [1.82, 2.24) is 20.2 Å². The van der Waals surface area contributed by atoms with Crippen LogP contribution in [0.2, 0.25) is 0 Å². The molecule has 0 aliphatic carbocycles. The van der Waals surface area contributed by atoms with Gasteiger partial charge in [-0.1, -0.05) is 13.8 Å². The first-order chi connectivity index (χ1) is 8.85. The molecule has 1 aliphatic heterocycles. The number of aromatic nitrogens is 2. The zero-order valence-corrected chi connectivity index (χ0v) is 11.2. The molecule has 2 heterocycles. The van der Waals surface area contributed by atoms with E-state index in [9.17, 15) is 0 Å². The molecule has 2 unspecified atom stereocenters. The highest BCUT2D eigenvalue weighted by atomic mass is 16.5. The molecule has 0 radical (unpaired) electrons. The first-order valence-electron chi connectivity index (χ1n) is 6.68. The summed E-state index contributed by atoms with van der Waals surface area (Å²) in [6, 6.07) is 0.123. The van der Waals surface area contributed by atoms with Gasteiger partial charge in [0.05, 0.1) is 30.6 Å². The maximum absolute atomic E-state index is 5.91. The van der Waals surface area contributed by atoms with Crippen molar-refractivity contribution >= 4 is 0 Å². The van der Waals surface area contributed by atoms with Crippen LogP contribution < -0.4 is 5.32 Å². The van der Waals surface area contributed by atoms with E-state index in [1.807, 2.05) is 6.20 Å². The van der Waals surface area contributed by atoms with Crippen LogP contribution in [0, 0.1) is 0 Å². The zero-order valence-electron chi connectivity index (χ0n) is 11.2. The predicted octanol–water partition coefficient (Wildman–Crippen LogP) is 0.848. The van der Waals surface area contributed by atoms with Crippen LogP contribution in [0.1, 0.15) is 25.6 Å². The average molecular weight is 250 g/mol. The SMILES string of the molecule is CCNC(c1cnccn1)C1CN(CC)CCO1. The number of likely N-dealkylation sites (N-methyl/N-ethyl adjacent to an activating group) is 2. The Bertz CT molecular complexity index is 346. The fourth-order valence-electron chi connectivity index (χ4n) is 2.34. The maximum Gasteiger partial charge on any atom is 0.0912 e. The molecular formula is C13H22N4O. The highest BCUT2D eigenvalue weighted by Crippen LogP contribution is 2.20. The molecule has 5 heteroatoms. The molecule has 1 aliphatic rings. The minimum Gasteiger partial charge on any atom is -0.374 e. The predicted molar refractivity (Wildman–Crippen MR) is 70.3 cm³/mol. The van der Waals surface area contributed by atoms with Gasteiger partial charge in [0.2, 0.25) is 0 Å². The Labute approximate surface area is 109 Å². The van der Waals surface area contributed by atoms with E-state index in [0.29, 0.717) is 0 Å². The maximum atomic E-state index is 5.91. The Morgan fingerprint density at radius 1 is 1.50 bits per heavy atom. The Kier molecular flexibility index (Phi) is 5.04. The number of nitrogens with one attached hydrogen (secondary N) is 1. The lowest BCUT2D eigenvalue weighted by molar-refractivity contribution is -0.0461. The van der Waals surface area contributed by atoms with Crippen LogP contribution in [0.3, 0.4) is 0 Å². The van der Waals surface area contributed by atoms with E-state index >= 15 is 0 Å². The summed E-state index contributed by atoms with van der Waals surface area (Å²) in [5, 5.41) is 3.46. The number of nitrogens with zero attached hydrogens (tertiary/aromatic N) is 3. The van der Waals surface area contributed by atoms with Crippen LogP contribution in [0.4, 0.5) is 0 Å². The molecule has 0 spiro atoms. The molecule has 0 amide bonds. The summed E-state index contributed by atoms with van der Waals surface area (Å²) in [6.45, 7) is 9.01. The standard InChI is InChI=1S/C13H22N4O/c1-3-15-13(11-9-14-5-6-16-11)12-10-17(4-2)7-8-18-12/h5-6,9,12-13,15H,3-4,7-8,10H2,1-2H3. The number of hydrogen-bond donors (Lipinski definition) is 1. The Morgan fingerprint density at radius 2 is 2.39 bits per heavy atom. The fourth-order valence-corrected chi connectivity index (χ4v) is 2.34. The van der Waals surface area contributed by atoms with E-state index in [0.717, 1.165) is 38.5 Å². The molecule has 100 valence electrons. The van der Waals surface area contributed by atoms with E-state index in [4.69, 9.17) is 4.74 Å². The minimum absolute atomic E-state index is 0.123. The lowest BCUT2D eigenvalue weighted by Crippen LogP contribution is -2.48. The van der Waals surface area contributed by atoms with Gasteiger partial charge in [0.25, 0.3) is 0 Å². The molecule has 2 atom stereocenters. The topological polar surface area (TPSA) is 50.3 Å². The van der Waals surface area contributed by atoms with Crippen molar-refractivity contribution in [1.29, 1.82) is 0 Å². The largest absolute Gasteiger partial charge is 0.374 e. The molecule has 1 saturated heterocycles. The van der Waals surface area contributed by atoms with Crippen LogP contribution in [0.15, 0.2) is 18.6 Å². The summed E-state index contributed by atoms with van der Waals surface area (Å²) in [6.07, 6.45) is 5.41. The molecule has 0 aromatic carbocycles. The second-order valence-corrected chi connectivity index (χ2v) is 4.47. The van der Waals surface area contributed by atoms with E-state index in [-0.39, 0.29) is 12.1 Å². The molecule has 5 nitrogen and oxygen atoms in total. The van der Waals surface area contributed by atoms with Crippen molar-refractivity contribution < 1.29 is 4.74 Å². The molecule has 1 aromatic heterocycles. The number of morpholine rings is 1. The molecule has 2 rings (SSSR count). The second-order valence-electron chi connectivity index (χ2n) is 4.47. The molecule has 18 heavy (non-hydrogen) atoms. The van der Waals surface area contributed by atoms with Gasteiger partial charge in [0.1, 0.15) is 0 Å². The summed E-state index contributed by atoms with van der Waals surface area (Å²) >= 11 is 0. The lowest BCUT2D eigenvalue weighted by Gasteiger charge is -2.36. The Balaban J connectivity index is 2.09. The van der Waals surface area contributed by atoms with Gasteiger partial charge in [-0.25, -0.2) is 0 Å². The van der Waals surface area contributed by atoms with Crippen molar-refractivity contribution in [2.24, 2.45) is 0 Å². The summed E-state index contributed by atoms with van der Waals surface area (Å²) < 4.78 is 5.91. The van der Waals surface area contributed by atoms with Crippen LogP contribution in [0.25, 0.3) is 0 Å². The van der Waals surface area contributed by atoms with E-state index in [1.165, 1.54) is 0 Å². The summed E-state index contributed by atoms with van der Waals surface area (Å²) in [4.78, 5) is 11.0. The van der Waals surface area contributed by atoms with Gasteiger partial charge in [-0.3, -0.25) is 14.9 Å². The third-order valence-electron chi connectivity index (χ3n) is 3.32. The van der Waals surface area contributed by atoms with Crippen LogP contribution in [-0.4, -0.2) is 53.8 Å². The molecular weight excluding hydrogens is 228 g/mol. The van der Waals surface area contributed by atoms with E-state index < -0.39 is 0 Å². The fraction of sp³-hybridized carbons (Fsp3) is 0.692. The van der Waals surface area contributed by atoms with Gasteiger partial charge >= 0.3 is 0 Å². The highest BCUT2D eigenvalue weighted by molar-refractivity contribution is 5.06. The van der Waals surface area contributed by atoms with Crippen molar-refractivity contribution in [2.45, 2.75) is 26.0 Å². The molecule has 1 aromatic rings. The molecule has 1 fully saturated rings. The molecule has 0 bridgehead atoms. The van der Waals surface area contributed by atoms with Gasteiger partial charge in [0, 0.05) is 25.5 Å². The normalized spacial score (nSPS) is 22.9. The monoisotopic (exact) mass is 250 g/mol. The van der Waals surface area contributed by atoms with E-state index in [2.05, 4.69) is 34.0 Å². The Morgan fingerprint density at radius 3 is 3.06 bits per heavy atom. The molecule has 0 saturated carbocycles. The smallest absolute Gasteiger partial charge is 0.0912 e. The lowest BCUT2D eigenvalue weighted by atomic mass is 10.1. The van der Waals surface area contributed by atoms with E-state index in [1.54, 1.807) is 12.4 Å². The number of hydrogen-bond acceptors (Lipinski definition) is 5. The zero-order chi connectivity index (χ0) is 12.8. The van der Waals surface area contributed by atoms with Gasteiger partial charge in [-0.15, -0.1) is 0 Å². The van der Waals surface area contributed by atoms with Crippen LogP contribution in [0.5, 0.6) is 0 Å². The van der Waals surface area contributed by atoms with Crippen molar-refractivity contribution in [3.8, 4) is 0 Å². The Hall–Kier alpha value is -1.04. The van der Waals surface area contributed by atoms with Gasteiger partial charge in [-0.05, 0) is 13.1 Å². The van der Waals surface area contributed by atoms with Gasteiger partial charge in [0.15, 0.2) is 0 Å². The van der Waals surface area contributed by atoms with Crippen molar-refractivity contribution in [3.63, 3.8) is 0 Å². The minimum atomic E-state index is 0.123. The first-order valence-corrected chi connectivity index (χ1v) is 6.68. The third kappa shape index (κ3) is 3.25. The number of rotatable bonds is 5. The van der Waals surface area contributed by atoms with Crippen molar-refractivity contribution in [3.05, 3.63) is 24.3 Å². The first kappa shape index (κ1) is 13.4. The number of ether oxygens (including phenoxy) is 1. The second kappa shape index (κ2) is 6.78. The van der Waals surface area contributed by atoms with Crippen LogP contribution >= 0.6 is 0 Å². The summed E-state index contributed by atoms with van der Waals surface area (Å²) in [5.41, 5.74) is 0.960. The third-order valence-corrected chi connectivity index (χ3v) is 3.32. The van der Waals surface area contributed by atoms with Crippen LogP contribution in [-0.2, 0) is 4.74 Å². The van der Waals surface area contributed by atoms with Gasteiger partial charge in [-0.2, -0.15) is 0 Å². The summed E-state index contributed by atoms with van der Waals surface area (Å²) in [7, 11) is 0. The summed E-state index contributed by atoms with van der Waals surface area (Å²) in [5.74, 6) is 0. The highest BCUT2D eigenvalue weighted by Gasteiger charge is 2.29. The molecule has 1 N–H and O–H groups in total. The van der Waals surface area contributed by atoms with Gasteiger partial charge < -0.3 is 10.1 Å². The quantitative estimate of drug-likeness (QED) is 0.839.